The molecule has 5 rings (SSSR count). The normalized spacial score (nSPS) is 17.2. The quantitative estimate of drug-likeness (QED) is 0.325. The van der Waals surface area contributed by atoms with E-state index < -0.39 is 0 Å². The SMILES string of the molecule is COCCN1C(=O)/C(=C\c2c(N3CCN(c4ccc(OC)cc4)CC3)nc3ccc(C)cn3c2=O)SC1=S. The summed E-state index contributed by atoms with van der Waals surface area (Å²) in [7, 11) is 3.24. The zero-order valence-corrected chi connectivity index (χ0v) is 23.2. The number of benzene rings is 1. The second-order valence-corrected chi connectivity index (χ2v) is 10.8. The molecule has 0 spiro atoms. The van der Waals surface area contributed by atoms with E-state index in [1.165, 1.54) is 16.7 Å². The maximum absolute atomic E-state index is 13.8. The number of hydrogen-bond donors (Lipinski definition) is 0. The van der Waals surface area contributed by atoms with Gasteiger partial charge in [0.1, 0.15) is 21.5 Å². The van der Waals surface area contributed by atoms with E-state index in [0.29, 0.717) is 52.5 Å². The molecule has 0 saturated carbocycles. The first kappa shape index (κ1) is 26.2. The number of amides is 1. The van der Waals surface area contributed by atoms with Crippen LogP contribution in [0.3, 0.4) is 0 Å². The number of carbonyl (C=O) groups is 1. The molecular weight excluding hydrogens is 522 g/mol. The third kappa shape index (κ3) is 5.13. The number of methoxy groups -OCH3 is 2. The molecule has 2 saturated heterocycles. The van der Waals surface area contributed by atoms with Gasteiger partial charge in [-0.05, 0) is 48.9 Å². The van der Waals surface area contributed by atoms with E-state index in [1.807, 2.05) is 31.2 Å². The van der Waals surface area contributed by atoms with Gasteiger partial charge in [0.05, 0.1) is 30.7 Å². The predicted molar refractivity (Wildman–Crippen MR) is 155 cm³/mol. The Labute approximate surface area is 230 Å². The van der Waals surface area contributed by atoms with Crippen molar-refractivity contribution < 1.29 is 14.3 Å². The van der Waals surface area contributed by atoms with Gasteiger partial charge in [-0.25, -0.2) is 4.98 Å². The molecule has 38 heavy (non-hydrogen) atoms. The molecule has 0 N–H and O–H groups in total. The molecule has 11 heteroatoms. The van der Waals surface area contributed by atoms with Crippen LogP contribution in [0.4, 0.5) is 11.5 Å². The molecule has 0 bridgehead atoms. The average Bonchev–Trinajstić information content (AvgIpc) is 3.20. The predicted octanol–water partition coefficient (Wildman–Crippen LogP) is 3.19. The van der Waals surface area contributed by atoms with Crippen molar-refractivity contribution in [3.05, 3.63) is 69.0 Å². The Morgan fingerprint density at radius 2 is 1.74 bits per heavy atom. The van der Waals surface area contributed by atoms with Crippen LogP contribution in [0.2, 0.25) is 0 Å². The molecule has 0 aliphatic carbocycles. The average molecular weight is 552 g/mol. The van der Waals surface area contributed by atoms with Crippen LogP contribution in [-0.4, -0.2) is 78.1 Å². The summed E-state index contributed by atoms with van der Waals surface area (Å²) < 4.78 is 12.4. The maximum atomic E-state index is 13.8. The first-order valence-electron chi connectivity index (χ1n) is 12.3. The van der Waals surface area contributed by atoms with Crippen molar-refractivity contribution in [1.29, 1.82) is 0 Å². The van der Waals surface area contributed by atoms with Crippen molar-refractivity contribution in [3.8, 4) is 5.75 Å². The fraction of sp³-hybridized carbons (Fsp3) is 0.333. The molecule has 0 unspecified atom stereocenters. The Bertz CT molecular complexity index is 1460. The van der Waals surface area contributed by atoms with E-state index in [0.717, 1.165) is 30.1 Å². The first-order chi connectivity index (χ1) is 18.4. The highest BCUT2D eigenvalue weighted by atomic mass is 32.2. The van der Waals surface area contributed by atoms with Gasteiger partial charge >= 0.3 is 0 Å². The van der Waals surface area contributed by atoms with Gasteiger partial charge in [0.2, 0.25) is 0 Å². The first-order valence-corrected chi connectivity index (χ1v) is 13.5. The molecule has 2 fully saturated rings. The number of thiocarbonyl (C=S) groups is 1. The minimum atomic E-state index is -0.221. The van der Waals surface area contributed by atoms with Crippen molar-refractivity contribution in [1.82, 2.24) is 14.3 Å². The minimum Gasteiger partial charge on any atom is -0.497 e. The molecule has 1 amide bonds. The molecule has 0 radical (unpaired) electrons. The Kier molecular flexibility index (Phi) is 7.68. The van der Waals surface area contributed by atoms with E-state index in [2.05, 4.69) is 21.9 Å². The summed E-state index contributed by atoms with van der Waals surface area (Å²) in [6.07, 6.45) is 3.43. The molecule has 2 aromatic heterocycles. The van der Waals surface area contributed by atoms with Crippen LogP contribution in [-0.2, 0) is 9.53 Å². The Morgan fingerprint density at radius 1 is 1.03 bits per heavy atom. The minimum absolute atomic E-state index is 0.214. The van der Waals surface area contributed by atoms with Gasteiger partial charge in [0, 0.05) is 45.2 Å². The Hall–Kier alpha value is -3.41. The number of ether oxygens (including phenoxy) is 2. The number of anilines is 2. The summed E-state index contributed by atoms with van der Waals surface area (Å²) in [5.41, 5.74) is 2.80. The van der Waals surface area contributed by atoms with E-state index in [9.17, 15) is 9.59 Å². The molecule has 4 heterocycles. The lowest BCUT2D eigenvalue weighted by atomic mass is 10.2. The molecule has 9 nitrogen and oxygen atoms in total. The Morgan fingerprint density at radius 3 is 2.42 bits per heavy atom. The monoisotopic (exact) mass is 551 g/mol. The topological polar surface area (TPSA) is 79.6 Å². The summed E-state index contributed by atoms with van der Waals surface area (Å²) >= 11 is 6.63. The second-order valence-electron chi connectivity index (χ2n) is 9.09. The second kappa shape index (κ2) is 11.1. The summed E-state index contributed by atoms with van der Waals surface area (Å²) in [6, 6.07) is 11.8. The third-order valence-electron chi connectivity index (χ3n) is 6.67. The zero-order chi connectivity index (χ0) is 26.8. The summed E-state index contributed by atoms with van der Waals surface area (Å²) in [5, 5.41) is 0. The molecule has 0 atom stereocenters. The van der Waals surface area contributed by atoms with E-state index in [-0.39, 0.29) is 11.5 Å². The van der Waals surface area contributed by atoms with Crippen molar-refractivity contribution in [2.75, 3.05) is 63.4 Å². The number of carbonyl (C=O) groups excluding carboxylic acids is 1. The van der Waals surface area contributed by atoms with Crippen LogP contribution < -0.4 is 20.1 Å². The third-order valence-corrected chi connectivity index (χ3v) is 8.05. The number of hydrogen-bond acceptors (Lipinski definition) is 9. The fourth-order valence-electron chi connectivity index (χ4n) is 4.59. The van der Waals surface area contributed by atoms with Crippen LogP contribution in [0, 0.1) is 6.92 Å². The van der Waals surface area contributed by atoms with Crippen molar-refractivity contribution >= 4 is 57.4 Å². The van der Waals surface area contributed by atoms with Crippen molar-refractivity contribution in [2.45, 2.75) is 6.92 Å². The van der Waals surface area contributed by atoms with Gasteiger partial charge in [0.25, 0.3) is 11.5 Å². The molecule has 198 valence electrons. The molecule has 2 aliphatic rings. The molecular formula is C27H29N5O4S2. The van der Waals surface area contributed by atoms with E-state index >= 15 is 0 Å². The Balaban J connectivity index is 1.49. The van der Waals surface area contributed by atoms with Gasteiger partial charge in [-0.2, -0.15) is 0 Å². The highest BCUT2D eigenvalue weighted by molar-refractivity contribution is 8.26. The number of nitrogens with zero attached hydrogens (tertiary/aromatic N) is 5. The lowest BCUT2D eigenvalue weighted by Crippen LogP contribution is -2.47. The van der Waals surface area contributed by atoms with Gasteiger partial charge in [-0.3, -0.25) is 18.9 Å². The molecule has 2 aliphatic heterocycles. The summed E-state index contributed by atoms with van der Waals surface area (Å²) in [6.45, 7) is 5.56. The van der Waals surface area contributed by atoms with Crippen LogP contribution in [0.5, 0.6) is 5.75 Å². The van der Waals surface area contributed by atoms with Crippen LogP contribution >= 0.6 is 24.0 Å². The zero-order valence-electron chi connectivity index (χ0n) is 21.5. The molecule has 1 aromatic carbocycles. The smallest absolute Gasteiger partial charge is 0.267 e. The number of rotatable bonds is 7. The van der Waals surface area contributed by atoms with Crippen molar-refractivity contribution in [3.63, 3.8) is 0 Å². The van der Waals surface area contributed by atoms with Crippen LogP contribution in [0.1, 0.15) is 11.1 Å². The molecule has 3 aromatic rings. The van der Waals surface area contributed by atoms with Gasteiger partial charge in [-0.15, -0.1) is 0 Å². The van der Waals surface area contributed by atoms with Gasteiger partial charge < -0.3 is 19.3 Å². The van der Waals surface area contributed by atoms with E-state index in [1.54, 1.807) is 30.9 Å². The highest BCUT2D eigenvalue weighted by Crippen LogP contribution is 2.33. The van der Waals surface area contributed by atoms with Crippen molar-refractivity contribution in [2.24, 2.45) is 0 Å². The number of fused-ring (bicyclic) bond motifs is 1. The summed E-state index contributed by atoms with van der Waals surface area (Å²) in [5.74, 6) is 1.18. The fourth-order valence-corrected chi connectivity index (χ4v) is 5.88. The number of thioether (sulfide) groups is 1. The standard InChI is InChI=1S/C27H29N5O4S2/c1-18-4-9-23-28-24(30-12-10-29(11-13-30)19-5-7-20(36-3)8-6-19)21(25(33)32(23)17-18)16-22-26(34)31(14-15-35-2)27(37)38-22/h4-9,16-17H,10-15H2,1-3H3/b22-16+. The lowest BCUT2D eigenvalue weighted by Gasteiger charge is -2.37. The largest absolute Gasteiger partial charge is 0.497 e. The number of aryl methyl sites for hydroxylation is 1. The van der Waals surface area contributed by atoms with E-state index in [4.69, 9.17) is 26.7 Å². The highest BCUT2D eigenvalue weighted by Gasteiger charge is 2.33. The summed E-state index contributed by atoms with van der Waals surface area (Å²) in [4.78, 5) is 38.1. The van der Waals surface area contributed by atoms with Gasteiger partial charge in [-0.1, -0.05) is 30.0 Å². The number of piperazine rings is 1. The van der Waals surface area contributed by atoms with Crippen LogP contribution in [0.25, 0.3) is 11.7 Å². The maximum Gasteiger partial charge on any atom is 0.267 e. The number of aromatic nitrogens is 2. The van der Waals surface area contributed by atoms with Crippen LogP contribution in [0.15, 0.2) is 52.3 Å². The number of pyridine rings is 1. The lowest BCUT2D eigenvalue weighted by molar-refractivity contribution is -0.122. The van der Waals surface area contributed by atoms with Gasteiger partial charge in [0.15, 0.2) is 0 Å².